The lowest BCUT2D eigenvalue weighted by Gasteiger charge is -2.13. The Labute approximate surface area is 170 Å². The second-order valence-electron chi connectivity index (χ2n) is 6.08. The van der Waals surface area contributed by atoms with Crippen LogP contribution in [0.1, 0.15) is 6.92 Å². The third kappa shape index (κ3) is 5.39. The van der Waals surface area contributed by atoms with Crippen LogP contribution in [0.4, 0.5) is 5.69 Å². The Hall–Kier alpha value is -3.73. The molecule has 3 aromatic rings. The number of hydrogen-bond donors (Lipinski definition) is 0. The van der Waals surface area contributed by atoms with Crippen molar-refractivity contribution < 1.29 is 18.9 Å². The fourth-order valence-electron chi connectivity index (χ4n) is 2.54. The van der Waals surface area contributed by atoms with Crippen LogP contribution in [-0.2, 0) is 0 Å². The van der Waals surface area contributed by atoms with E-state index in [4.69, 9.17) is 18.9 Å². The van der Waals surface area contributed by atoms with Gasteiger partial charge in [-0.3, -0.25) is 0 Å². The minimum Gasteiger partial charge on any atom is -0.493 e. The zero-order chi connectivity index (χ0) is 20.5. The van der Waals surface area contributed by atoms with Gasteiger partial charge < -0.3 is 18.9 Å². The SMILES string of the molecule is COc1ccccc1O/C=C(C)/C(=N/c1ccccc1)Oc1ccccc1OC. The third-order valence-electron chi connectivity index (χ3n) is 4.03. The van der Waals surface area contributed by atoms with E-state index < -0.39 is 0 Å². The second kappa shape index (κ2) is 9.99. The van der Waals surface area contributed by atoms with Crippen molar-refractivity contribution in [2.45, 2.75) is 6.92 Å². The molecule has 0 aliphatic carbocycles. The molecule has 0 bridgehead atoms. The Bertz CT molecular complexity index is 997. The van der Waals surface area contributed by atoms with Crippen molar-refractivity contribution in [1.82, 2.24) is 0 Å². The first-order valence-corrected chi connectivity index (χ1v) is 9.12. The molecule has 0 spiro atoms. The van der Waals surface area contributed by atoms with Crippen molar-refractivity contribution in [3.05, 3.63) is 90.7 Å². The number of ether oxygens (including phenoxy) is 4. The van der Waals surface area contributed by atoms with E-state index in [1.54, 1.807) is 20.5 Å². The molecule has 0 unspecified atom stereocenters. The van der Waals surface area contributed by atoms with Crippen molar-refractivity contribution >= 4 is 11.6 Å². The van der Waals surface area contributed by atoms with Gasteiger partial charge in [-0.25, -0.2) is 4.99 Å². The fraction of sp³-hybridized carbons (Fsp3) is 0.125. The Balaban J connectivity index is 1.92. The fourth-order valence-corrected chi connectivity index (χ4v) is 2.54. The normalized spacial score (nSPS) is 11.7. The molecule has 0 aliphatic rings. The third-order valence-corrected chi connectivity index (χ3v) is 4.03. The van der Waals surface area contributed by atoms with E-state index in [0.29, 0.717) is 34.5 Å². The number of nitrogens with zero attached hydrogens (tertiary/aromatic N) is 1. The maximum atomic E-state index is 6.09. The van der Waals surface area contributed by atoms with Gasteiger partial charge in [0.1, 0.15) is 0 Å². The predicted molar refractivity (Wildman–Crippen MR) is 115 cm³/mol. The quantitative estimate of drug-likeness (QED) is 0.291. The largest absolute Gasteiger partial charge is 0.493 e. The molecule has 29 heavy (non-hydrogen) atoms. The summed E-state index contributed by atoms with van der Waals surface area (Å²) >= 11 is 0. The maximum Gasteiger partial charge on any atom is 0.226 e. The molecule has 3 rings (SSSR count). The summed E-state index contributed by atoms with van der Waals surface area (Å²) in [6, 6.07) is 24.4. The number of methoxy groups -OCH3 is 2. The summed E-state index contributed by atoms with van der Waals surface area (Å²) in [5, 5.41) is 0. The number of aliphatic imine (C=N–C) groups is 1. The van der Waals surface area contributed by atoms with Crippen LogP contribution >= 0.6 is 0 Å². The second-order valence-corrected chi connectivity index (χ2v) is 6.08. The molecule has 0 atom stereocenters. The number of hydrogen-bond acceptors (Lipinski definition) is 5. The van der Waals surface area contributed by atoms with E-state index in [1.807, 2.05) is 85.8 Å². The lowest BCUT2D eigenvalue weighted by Crippen LogP contribution is -2.11. The molecule has 5 heteroatoms. The molecule has 3 aromatic carbocycles. The molecule has 0 aliphatic heterocycles. The van der Waals surface area contributed by atoms with Gasteiger partial charge in [-0.2, -0.15) is 0 Å². The molecule has 0 saturated heterocycles. The van der Waals surface area contributed by atoms with E-state index in [-0.39, 0.29) is 0 Å². The van der Waals surface area contributed by atoms with Crippen molar-refractivity contribution in [2.75, 3.05) is 14.2 Å². The summed E-state index contributed by atoms with van der Waals surface area (Å²) in [5.74, 6) is 2.83. The van der Waals surface area contributed by atoms with Gasteiger partial charge in [-0.05, 0) is 43.3 Å². The lowest BCUT2D eigenvalue weighted by molar-refractivity contribution is 0.376. The Kier molecular flexibility index (Phi) is 6.90. The Morgan fingerprint density at radius 1 is 0.690 bits per heavy atom. The van der Waals surface area contributed by atoms with Crippen LogP contribution in [0, 0.1) is 0 Å². The van der Waals surface area contributed by atoms with Gasteiger partial charge in [0.05, 0.1) is 26.2 Å². The summed E-state index contributed by atoms with van der Waals surface area (Å²) < 4.78 is 22.6. The molecule has 0 heterocycles. The summed E-state index contributed by atoms with van der Waals surface area (Å²) in [6.07, 6.45) is 1.59. The number of benzene rings is 3. The van der Waals surface area contributed by atoms with Crippen molar-refractivity contribution in [2.24, 2.45) is 4.99 Å². The van der Waals surface area contributed by atoms with Crippen LogP contribution in [0.5, 0.6) is 23.0 Å². The highest BCUT2D eigenvalue weighted by Gasteiger charge is 2.12. The van der Waals surface area contributed by atoms with Gasteiger partial charge in [-0.15, -0.1) is 0 Å². The molecule has 0 radical (unpaired) electrons. The highest BCUT2D eigenvalue weighted by atomic mass is 16.5. The molecule has 0 N–H and O–H groups in total. The molecule has 0 saturated carbocycles. The molecular formula is C24H23NO4. The lowest BCUT2D eigenvalue weighted by atomic mass is 10.3. The molecule has 148 valence electrons. The monoisotopic (exact) mass is 389 g/mol. The molecular weight excluding hydrogens is 366 g/mol. The number of para-hydroxylation sites is 5. The zero-order valence-electron chi connectivity index (χ0n) is 16.7. The summed E-state index contributed by atoms with van der Waals surface area (Å²) in [5.41, 5.74) is 1.47. The minimum atomic E-state index is 0.399. The zero-order valence-corrected chi connectivity index (χ0v) is 16.7. The van der Waals surface area contributed by atoms with Gasteiger partial charge in [0.15, 0.2) is 23.0 Å². The van der Waals surface area contributed by atoms with Gasteiger partial charge in [0.2, 0.25) is 5.90 Å². The summed E-state index contributed by atoms with van der Waals surface area (Å²) in [4.78, 5) is 4.64. The Morgan fingerprint density at radius 2 is 1.21 bits per heavy atom. The van der Waals surface area contributed by atoms with Gasteiger partial charge in [0.25, 0.3) is 0 Å². The van der Waals surface area contributed by atoms with Crippen molar-refractivity contribution in [3.63, 3.8) is 0 Å². The Morgan fingerprint density at radius 3 is 1.83 bits per heavy atom. The molecule has 0 aromatic heterocycles. The molecule has 5 nitrogen and oxygen atoms in total. The highest BCUT2D eigenvalue weighted by molar-refractivity contribution is 5.96. The van der Waals surface area contributed by atoms with E-state index in [9.17, 15) is 0 Å². The summed E-state index contributed by atoms with van der Waals surface area (Å²) in [7, 11) is 3.20. The number of rotatable bonds is 7. The minimum absolute atomic E-state index is 0.399. The van der Waals surface area contributed by atoms with Gasteiger partial charge in [0, 0.05) is 5.57 Å². The van der Waals surface area contributed by atoms with Gasteiger partial charge in [-0.1, -0.05) is 42.5 Å². The van der Waals surface area contributed by atoms with Crippen LogP contribution in [0.15, 0.2) is 95.7 Å². The van der Waals surface area contributed by atoms with E-state index in [2.05, 4.69) is 4.99 Å². The average Bonchev–Trinajstić information content (AvgIpc) is 2.78. The predicted octanol–water partition coefficient (Wildman–Crippen LogP) is 5.80. The first-order valence-electron chi connectivity index (χ1n) is 9.12. The first-order chi connectivity index (χ1) is 14.2. The van der Waals surface area contributed by atoms with E-state index in [1.165, 1.54) is 0 Å². The van der Waals surface area contributed by atoms with E-state index in [0.717, 1.165) is 5.69 Å². The van der Waals surface area contributed by atoms with Crippen LogP contribution in [0.2, 0.25) is 0 Å². The average molecular weight is 389 g/mol. The standard InChI is InChI=1S/C24H23NO4/c1-18(17-28-22-15-9-7-13-20(22)26-2)24(25-19-11-5-4-6-12-19)29-23-16-10-8-14-21(23)27-3/h4-17H,1-3H3/b18-17+,25-24-. The topological polar surface area (TPSA) is 49.3 Å². The molecule has 0 fully saturated rings. The van der Waals surface area contributed by atoms with Crippen molar-refractivity contribution in [1.29, 1.82) is 0 Å². The maximum absolute atomic E-state index is 6.09. The smallest absolute Gasteiger partial charge is 0.226 e. The molecule has 0 amide bonds. The highest BCUT2D eigenvalue weighted by Crippen LogP contribution is 2.29. The summed E-state index contributed by atoms with van der Waals surface area (Å²) in [6.45, 7) is 1.87. The van der Waals surface area contributed by atoms with Crippen LogP contribution < -0.4 is 18.9 Å². The van der Waals surface area contributed by atoms with Crippen LogP contribution in [-0.4, -0.2) is 20.1 Å². The van der Waals surface area contributed by atoms with Crippen LogP contribution in [0.25, 0.3) is 0 Å². The van der Waals surface area contributed by atoms with E-state index >= 15 is 0 Å². The first kappa shape index (κ1) is 20.0. The van der Waals surface area contributed by atoms with Crippen molar-refractivity contribution in [3.8, 4) is 23.0 Å². The van der Waals surface area contributed by atoms with Gasteiger partial charge >= 0.3 is 0 Å². The van der Waals surface area contributed by atoms with Crippen LogP contribution in [0.3, 0.4) is 0 Å².